The number of ether oxygens (including phenoxy) is 1. The Bertz CT molecular complexity index is 529. The van der Waals surface area contributed by atoms with E-state index >= 15 is 0 Å². The van der Waals surface area contributed by atoms with Crippen LogP contribution in [-0.4, -0.2) is 17.2 Å². The van der Waals surface area contributed by atoms with E-state index in [1.54, 1.807) is 6.07 Å². The molecular weight excluding hydrogens is 204 g/mol. The number of hydrogen-bond donors (Lipinski definition) is 1. The number of nitrogens with two attached hydrogens (primary N) is 1. The molecule has 1 atom stereocenters. The first-order valence-corrected chi connectivity index (χ1v) is 5.40. The maximum absolute atomic E-state index is 11.6. The van der Waals surface area contributed by atoms with E-state index in [4.69, 9.17) is 9.88 Å². The van der Waals surface area contributed by atoms with Crippen LogP contribution in [0.1, 0.15) is 10.4 Å². The molecule has 0 saturated carbocycles. The normalized spacial score (nSPS) is 24.3. The van der Waals surface area contributed by atoms with Crippen LogP contribution in [0.2, 0.25) is 0 Å². The summed E-state index contributed by atoms with van der Waals surface area (Å²) in [6.07, 6.45) is 0. The molecule has 0 aliphatic carbocycles. The zero-order chi connectivity index (χ0) is 10.3. The summed E-state index contributed by atoms with van der Waals surface area (Å²) < 4.78 is 19.9. The zero-order valence-corrected chi connectivity index (χ0v) is 8.21. The lowest BCUT2D eigenvalue weighted by molar-refractivity contribution is 0.101. The van der Waals surface area contributed by atoms with Crippen molar-refractivity contribution in [2.45, 2.75) is 4.90 Å². The SMILES string of the molecule is COc1ccc2c(c1)C(=O)N=S2(N)=O. The molecule has 2 rings (SSSR count). The van der Waals surface area contributed by atoms with Gasteiger partial charge in [-0.3, -0.25) is 4.79 Å². The summed E-state index contributed by atoms with van der Waals surface area (Å²) in [6, 6.07) is 4.59. The molecule has 1 aliphatic rings. The van der Waals surface area contributed by atoms with Gasteiger partial charge in [-0.05, 0) is 18.2 Å². The number of carbonyl (C=O) groups is 1. The Labute approximate surface area is 81.2 Å². The van der Waals surface area contributed by atoms with Crippen LogP contribution in [0.4, 0.5) is 0 Å². The first-order valence-electron chi connectivity index (χ1n) is 3.82. The maximum Gasteiger partial charge on any atom is 0.287 e. The smallest absolute Gasteiger partial charge is 0.287 e. The molecular formula is C8H8N2O3S. The molecule has 0 fully saturated rings. The van der Waals surface area contributed by atoms with Crippen LogP contribution >= 0.6 is 0 Å². The molecule has 0 spiro atoms. The summed E-state index contributed by atoms with van der Waals surface area (Å²) in [6.45, 7) is 0. The summed E-state index contributed by atoms with van der Waals surface area (Å²) in [5.74, 6) is -0.0317. The summed E-state index contributed by atoms with van der Waals surface area (Å²) in [4.78, 5) is 11.5. The molecule has 1 aliphatic heterocycles. The molecule has 5 nitrogen and oxygen atoms in total. The number of hydrogen-bond acceptors (Lipinski definition) is 3. The van der Waals surface area contributed by atoms with Gasteiger partial charge in [0, 0.05) is 0 Å². The minimum absolute atomic E-state index is 0.261. The highest BCUT2D eigenvalue weighted by atomic mass is 32.2. The van der Waals surface area contributed by atoms with Gasteiger partial charge in [-0.1, -0.05) is 0 Å². The van der Waals surface area contributed by atoms with Crippen molar-refractivity contribution in [3.05, 3.63) is 23.8 Å². The quantitative estimate of drug-likeness (QED) is 0.738. The van der Waals surface area contributed by atoms with Gasteiger partial charge < -0.3 is 4.74 Å². The molecule has 6 heteroatoms. The van der Waals surface area contributed by atoms with E-state index in [9.17, 15) is 9.00 Å². The third-order valence-corrected chi connectivity index (χ3v) is 3.37. The number of methoxy groups -OCH3 is 1. The van der Waals surface area contributed by atoms with Gasteiger partial charge >= 0.3 is 0 Å². The lowest BCUT2D eigenvalue weighted by atomic mass is 10.2. The predicted molar refractivity (Wildman–Crippen MR) is 50.3 cm³/mol. The van der Waals surface area contributed by atoms with Crippen LogP contribution in [0, 0.1) is 0 Å². The van der Waals surface area contributed by atoms with Crippen molar-refractivity contribution in [2.75, 3.05) is 7.11 Å². The van der Waals surface area contributed by atoms with E-state index in [0.29, 0.717) is 5.75 Å². The highest BCUT2D eigenvalue weighted by Crippen LogP contribution is 2.27. The van der Waals surface area contributed by atoms with Crippen molar-refractivity contribution in [2.24, 2.45) is 9.50 Å². The van der Waals surface area contributed by atoms with Gasteiger partial charge in [-0.25, -0.2) is 9.35 Å². The first-order chi connectivity index (χ1) is 6.54. The number of benzene rings is 1. The van der Waals surface area contributed by atoms with Crippen LogP contribution in [0.3, 0.4) is 0 Å². The van der Waals surface area contributed by atoms with Crippen molar-refractivity contribution in [3.63, 3.8) is 0 Å². The van der Waals surface area contributed by atoms with Crippen LogP contribution < -0.4 is 9.88 Å². The minimum Gasteiger partial charge on any atom is -0.497 e. The topological polar surface area (TPSA) is 81.8 Å². The molecule has 0 aromatic heterocycles. The Morgan fingerprint density at radius 2 is 2.21 bits per heavy atom. The van der Waals surface area contributed by atoms with Gasteiger partial charge in [0.2, 0.25) is 0 Å². The highest BCUT2D eigenvalue weighted by Gasteiger charge is 2.26. The maximum atomic E-state index is 11.6. The van der Waals surface area contributed by atoms with Gasteiger partial charge in [0.15, 0.2) is 0 Å². The zero-order valence-electron chi connectivity index (χ0n) is 7.39. The number of amides is 1. The second-order valence-electron chi connectivity index (χ2n) is 2.83. The van der Waals surface area contributed by atoms with E-state index in [0.717, 1.165) is 0 Å². The van der Waals surface area contributed by atoms with Crippen molar-refractivity contribution < 1.29 is 13.7 Å². The predicted octanol–water partition coefficient (Wildman–Crippen LogP) is 0.550. The summed E-state index contributed by atoms with van der Waals surface area (Å²) in [5, 5.41) is 5.37. The van der Waals surface area contributed by atoms with Crippen LogP contribution in [0.5, 0.6) is 5.75 Å². The Morgan fingerprint density at radius 3 is 2.86 bits per heavy atom. The lowest BCUT2D eigenvalue weighted by Gasteiger charge is -2.02. The van der Waals surface area contributed by atoms with Crippen molar-refractivity contribution >= 4 is 15.8 Å². The van der Waals surface area contributed by atoms with Gasteiger partial charge in [0.1, 0.15) is 15.7 Å². The van der Waals surface area contributed by atoms with Crippen LogP contribution in [0.15, 0.2) is 27.5 Å². The Hall–Kier alpha value is -1.40. The largest absolute Gasteiger partial charge is 0.497 e. The number of carbonyl (C=O) groups excluding carboxylic acids is 1. The summed E-state index contributed by atoms with van der Waals surface area (Å²) in [7, 11) is -1.53. The second kappa shape index (κ2) is 2.79. The van der Waals surface area contributed by atoms with Crippen molar-refractivity contribution in [1.29, 1.82) is 0 Å². The second-order valence-corrected chi connectivity index (χ2v) is 4.59. The standard InChI is InChI=1S/C8H8N2O3S/c1-13-5-2-3-7-6(4-5)8(11)10-14(7,9)12/h2-4H,1H3,(H2,9,10,11,12). The number of nitrogens with zero attached hydrogens (tertiary/aromatic N) is 1. The molecule has 0 radical (unpaired) electrons. The average Bonchev–Trinajstić information content (AvgIpc) is 2.37. The molecule has 0 bridgehead atoms. The van der Waals surface area contributed by atoms with E-state index in [1.807, 2.05) is 0 Å². The van der Waals surface area contributed by atoms with Crippen LogP contribution in [-0.2, 0) is 9.92 Å². The molecule has 74 valence electrons. The fraction of sp³-hybridized carbons (Fsp3) is 0.125. The number of fused-ring (bicyclic) bond motifs is 1. The van der Waals surface area contributed by atoms with Crippen molar-refractivity contribution in [1.82, 2.24) is 0 Å². The fourth-order valence-electron chi connectivity index (χ4n) is 1.28. The van der Waals surface area contributed by atoms with Gasteiger partial charge in [-0.15, -0.1) is 4.36 Å². The van der Waals surface area contributed by atoms with Crippen LogP contribution in [0.25, 0.3) is 0 Å². The molecule has 1 aromatic rings. The van der Waals surface area contributed by atoms with Gasteiger partial charge in [0.05, 0.1) is 17.6 Å². The molecule has 1 amide bonds. The van der Waals surface area contributed by atoms with E-state index in [1.165, 1.54) is 19.2 Å². The first kappa shape index (κ1) is 9.17. The van der Waals surface area contributed by atoms with E-state index in [2.05, 4.69) is 4.36 Å². The minimum atomic E-state index is -3.01. The van der Waals surface area contributed by atoms with Crippen molar-refractivity contribution in [3.8, 4) is 5.75 Å². The molecule has 0 saturated heterocycles. The molecule has 1 heterocycles. The number of rotatable bonds is 1. The Morgan fingerprint density at radius 1 is 1.50 bits per heavy atom. The monoisotopic (exact) mass is 212 g/mol. The molecule has 14 heavy (non-hydrogen) atoms. The summed E-state index contributed by atoms with van der Waals surface area (Å²) >= 11 is 0. The highest BCUT2D eigenvalue weighted by molar-refractivity contribution is 7.92. The third kappa shape index (κ3) is 1.19. The third-order valence-electron chi connectivity index (χ3n) is 1.95. The van der Waals surface area contributed by atoms with E-state index in [-0.39, 0.29) is 10.5 Å². The Balaban J connectivity index is 2.71. The molecule has 1 unspecified atom stereocenters. The molecule has 2 N–H and O–H groups in total. The Kier molecular flexibility index (Phi) is 1.83. The van der Waals surface area contributed by atoms with Gasteiger partial charge in [-0.2, -0.15) is 0 Å². The van der Waals surface area contributed by atoms with Gasteiger partial charge in [0.25, 0.3) is 5.91 Å². The average molecular weight is 212 g/mol. The van der Waals surface area contributed by atoms with E-state index < -0.39 is 15.8 Å². The lowest BCUT2D eigenvalue weighted by Crippen LogP contribution is -2.09. The fourth-order valence-corrected chi connectivity index (χ4v) is 2.45. The summed E-state index contributed by atoms with van der Waals surface area (Å²) in [5.41, 5.74) is 0.261. The molecule has 1 aromatic carbocycles.